The number of aryl methyl sites for hydroxylation is 2. The standard InChI is InChI=1S/C26H28N4O2/c1-17-7-3-4-8-20(17)24(14-12-18-11-13-19(31)15-18)30-25(27-28-26(30)32)22-16-29(2)23-10-6-5-9-21(22)23/h3-10,14,16,18-19,31H,11-13,15H2,1-2H3,(H,28,32)/b24-14+. The fourth-order valence-electron chi connectivity index (χ4n) is 4.94. The van der Waals surface area contributed by atoms with Gasteiger partial charge in [0.25, 0.3) is 0 Å². The number of H-pyrrole nitrogens is 1. The van der Waals surface area contributed by atoms with Crippen LogP contribution in [0.2, 0.25) is 0 Å². The second-order valence-electron chi connectivity index (χ2n) is 8.83. The highest BCUT2D eigenvalue weighted by Crippen LogP contribution is 2.33. The molecule has 1 fully saturated rings. The topological polar surface area (TPSA) is 75.8 Å². The number of benzene rings is 2. The van der Waals surface area contributed by atoms with E-state index in [1.165, 1.54) is 0 Å². The Kier molecular flexibility index (Phi) is 5.31. The normalized spacial score (nSPS) is 19.2. The molecule has 0 bridgehead atoms. The summed E-state index contributed by atoms with van der Waals surface area (Å²) in [6.45, 7) is 2.06. The van der Waals surface area contributed by atoms with E-state index in [2.05, 4.69) is 52.0 Å². The van der Waals surface area contributed by atoms with E-state index >= 15 is 0 Å². The van der Waals surface area contributed by atoms with Gasteiger partial charge < -0.3 is 9.67 Å². The molecule has 0 aliphatic heterocycles. The van der Waals surface area contributed by atoms with Gasteiger partial charge in [-0.25, -0.2) is 14.5 Å². The Morgan fingerprint density at radius 2 is 1.97 bits per heavy atom. The van der Waals surface area contributed by atoms with Crippen LogP contribution in [0.25, 0.3) is 28.0 Å². The van der Waals surface area contributed by atoms with Crippen molar-refractivity contribution in [2.24, 2.45) is 13.0 Å². The maximum atomic E-state index is 13.1. The molecule has 0 radical (unpaired) electrons. The first-order chi connectivity index (χ1) is 15.5. The largest absolute Gasteiger partial charge is 0.393 e. The zero-order chi connectivity index (χ0) is 22.2. The average Bonchev–Trinajstić information content (AvgIpc) is 3.47. The van der Waals surface area contributed by atoms with Crippen molar-refractivity contribution in [1.29, 1.82) is 0 Å². The highest BCUT2D eigenvalue weighted by Gasteiger charge is 2.24. The van der Waals surface area contributed by atoms with Crippen LogP contribution < -0.4 is 5.69 Å². The van der Waals surface area contributed by atoms with E-state index in [0.29, 0.717) is 11.7 Å². The zero-order valence-corrected chi connectivity index (χ0v) is 18.5. The van der Waals surface area contributed by atoms with Crippen molar-refractivity contribution in [3.63, 3.8) is 0 Å². The van der Waals surface area contributed by atoms with Gasteiger partial charge >= 0.3 is 5.69 Å². The molecule has 2 heterocycles. The van der Waals surface area contributed by atoms with Gasteiger partial charge in [-0.05, 0) is 50.2 Å². The fraction of sp³-hybridized carbons (Fsp3) is 0.308. The molecule has 5 rings (SSSR count). The van der Waals surface area contributed by atoms with Gasteiger partial charge in [-0.15, -0.1) is 0 Å². The van der Waals surface area contributed by atoms with Gasteiger partial charge in [-0.3, -0.25) is 0 Å². The number of aromatic amines is 1. The van der Waals surface area contributed by atoms with Crippen LogP contribution in [-0.4, -0.2) is 30.5 Å². The van der Waals surface area contributed by atoms with Gasteiger partial charge in [0.15, 0.2) is 5.82 Å². The number of nitrogens with one attached hydrogen (secondary N) is 1. The third kappa shape index (κ3) is 3.60. The van der Waals surface area contributed by atoms with Crippen molar-refractivity contribution < 1.29 is 5.11 Å². The Hall–Kier alpha value is -3.38. The lowest BCUT2D eigenvalue weighted by molar-refractivity contribution is 0.178. The van der Waals surface area contributed by atoms with Crippen molar-refractivity contribution in [3.8, 4) is 11.4 Å². The number of nitrogens with zero attached hydrogens (tertiary/aromatic N) is 3. The monoisotopic (exact) mass is 428 g/mol. The van der Waals surface area contributed by atoms with Crippen molar-refractivity contribution >= 4 is 16.6 Å². The number of para-hydroxylation sites is 1. The molecule has 2 aromatic carbocycles. The smallest absolute Gasteiger partial charge is 0.348 e. The van der Waals surface area contributed by atoms with Gasteiger partial charge in [0.2, 0.25) is 0 Å². The second-order valence-corrected chi connectivity index (χ2v) is 8.83. The van der Waals surface area contributed by atoms with E-state index < -0.39 is 0 Å². The average molecular weight is 429 g/mol. The van der Waals surface area contributed by atoms with Gasteiger partial charge in [0.1, 0.15) is 0 Å². The number of hydrogen-bond acceptors (Lipinski definition) is 3. The molecular formula is C26H28N4O2. The maximum Gasteiger partial charge on any atom is 0.348 e. The summed E-state index contributed by atoms with van der Waals surface area (Å²) >= 11 is 0. The Morgan fingerprint density at radius 1 is 1.19 bits per heavy atom. The van der Waals surface area contributed by atoms with Crippen LogP contribution in [0.1, 0.15) is 36.8 Å². The Labute approximate surface area is 186 Å². The van der Waals surface area contributed by atoms with Crippen LogP contribution in [-0.2, 0) is 7.05 Å². The van der Waals surface area contributed by atoms with Gasteiger partial charge in [-0.2, -0.15) is 5.10 Å². The number of fused-ring (bicyclic) bond motifs is 1. The molecule has 1 saturated carbocycles. The molecule has 0 saturated heterocycles. The molecular weight excluding hydrogens is 400 g/mol. The number of hydrogen-bond donors (Lipinski definition) is 2. The Balaban J connectivity index is 1.68. The summed E-state index contributed by atoms with van der Waals surface area (Å²) < 4.78 is 3.76. The molecule has 2 aromatic heterocycles. The molecule has 32 heavy (non-hydrogen) atoms. The van der Waals surface area contributed by atoms with E-state index in [9.17, 15) is 9.90 Å². The minimum absolute atomic E-state index is 0.210. The number of rotatable bonds is 5. The molecule has 6 heteroatoms. The van der Waals surface area contributed by atoms with Crippen LogP contribution in [0, 0.1) is 12.8 Å². The predicted octanol–water partition coefficient (Wildman–Crippen LogP) is 4.48. The molecule has 4 aromatic rings. The SMILES string of the molecule is Cc1ccccc1/C(=C\CC1CCC(O)C1)n1c(-c2cn(C)c3ccccc23)n[nH]c1=O. The van der Waals surface area contributed by atoms with Crippen LogP contribution in [0.3, 0.4) is 0 Å². The first kappa shape index (κ1) is 20.5. The molecule has 2 atom stereocenters. The molecule has 0 amide bonds. The highest BCUT2D eigenvalue weighted by atomic mass is 16.3. The highest BCUT2D eigenvalue weighted by molar-refractivity contribution is 5.95. The van der Waals surface area contributed by atoms with Crippen LogP contribution in [0.5, 0.6) is 0 Å². The van der Waals surface area contributed by atoms with Crippen molar-refractivity contribution in [3.05, 3.63) is 82.4 Å². The fourth-order valence-corrected chi connectivity index (χ4v) is 4.94. The zero-order valence-electron chi connectivity index (χ0n) is 18.5. The molecule has 6 nitrogen and oxygen atoms in total. The molecule has 164 valence electrons. The number of allylic oxidation sites excluding steroid dienone is 1. The van der Waals surface area contributed by atoms with Crippen molar-refractivity contribution in [2.75, 3.05) is 0 Å². The van der Waals surface area contributed by atoms with E-state index in [-0.39, 0.29) is 11.8 Å². The summed E-state index contributed by atoms with van der Waals surface area (Å²) in [7, 11) is 2.00. The maximum absolute atomic E-state index is 13.1. The third-order valence-electron chi connectivity index (χ3n) is 6.63. The van der Waals surface area contributed by atoms with Crippen LogP contribution in [0.15, 0.2) is 65.6 Å². The van der Waals surface area contributed by atoms with E-state index in [0.717, 1.165) is 59.0 Å². The summed E-state index contributed by atoms with van der Waals surface area (Å²) in [5, 5.41) is 18.1. The molecule has 1 aliphatic rings. The second kappa shape index (κ2) is 8.28. The van der Waals surface area contributed by atoms with E-state index in [4.69, 9.17) is 0 Å². The summed E-state index contributed by atoms with van der Waals surface area (Å²) in [5.41, 5.74) is 4.70. The molecule has 1 aliphatic carbocycles. The summed E-state index contributed by atoms with van der Waals surface area (Å²) in [6.07, 6.45) is 7.45. The van der Waals surface area contributed by atoms with Crippen molar-refractivity contribution in [1.82, 2.24) is 19.3 Å². The van der Waals surface area contributed by atoms with Gasteiger partial charge in [-0.1, -0.05) is 48.5 Å². The quantitative estimate of drug-likeness (QED) is 0.492. The molecule has 2 N–H and O–H groups in total. The Morgan fingerprint density at radius 3 is 2.75 bits per heavy atom. The van der Waals surface area contributed by atoms with E-state index in [1.807, 2.05) is 37.5 Å². The van der Waals surface area contributed by atoms with Crippen LogP contribution in [0.4, 0.5) is 0 Å². The molecule has 0 spiro atoms. The lowest BCUT2D eigenvalue weighted by Crippen LogP contribution is -2.18. The summed E-state index contributed by atoms with van der Waals surface area (Å²) in [4.78, 5) is 13.1. The number of aromatic nitrogens is 4. The number of aliphatic hydroxyl groups excluding tert-OH is 1. The minimum Gasteiger partial charge on any atom is -0.393 e. The summed E-state index contributed by atoms with van der Waals surface area (Å²) in [5.74, 6) is 1.03. The van der Waals surface area contributed by atoms with Crippen LogP contribution >= 0.6 is 0 Å². The van der Waals surface area contributed by atoms with Gasteiger partial charge in [0, 0.05) is 35.3 Å². The minimum atomic E-state index is -0.256. The Bertz CT molecular complexity index is 1360. The first-order valence-electron chi connectivity index (χ1n) is 11.2. The first-order valence-corrected chi connectivity index (χ1v) is 11.2. The van der Waals surface area contributed by atoms with Gasteiger partial charge in [0.05, 0.1) is 11.8 Å². The molecule has 2 unspecified atom stereocenters. The van der Waals surface area contributed by atoms with Crippen molar-refractivity contribution in [2.45, 2.75) is 38.7 Å². The lowest BCUT2D eigenvalue weighted by Gasteiger charge is -2.15. The predicted molar refractivity (Wildman–Crippen MR) is 127 cm³/mol. The number of aliphatic hydroxyl groups is 1. The third-order valence-corrected chi connectivity index (χ3v) is 6.63. The lowest BCUT2D eigenvalue weighted by atomic mass is 9.99. The van der Waals surface area contributed by atoms with E-state index in [1.54, 1.807) is 4.57 Å². The summed E-state index contributed by atoms with van der Waals surface area (Å²) in [6, 6.07) is 16.3.